The fourth-order valence-corrected chi connectivity index (χ4v) is 3.69. The topological polar surface area (TPSA) is 77.1 Å². The van der Waals surface area contributed by atoms with E-state index in [1.54, 1.807) is 23.1 Å². The number of rotatable bonds is 8. The van der Waals surface area contributed by atoms with Gasteiger partial charge >= 0.3 is 0 Å². The molecule has 0 saturated heterocycles. The number of fused-ring (bicyclic) bond motifs is 1. The van der Waals surface area contributed by atoms with E-state index in [9.17, 15) is 9.59 Å². The number of nitrogens with zero attached hydrogens (tertiary/aromatic N) is 1. The Balaban J connectivity index is 1.36. The maximum absolute atomic E-state index is 12.4. The molecule has 1 heterocycles. The lowest BCUT2D eigenvalue weighted by Crippen LogP contribution is -2.41. The Kier molecular flexibility index (Phi) is 7.01. The molecule has 0 aromatic heterocycles. The predicted octanol–water partition coefficient (Wildman–Crippen LogP) is 4.43. The number of carbonyl (C=O) groups is 2. The van der Waals surface area contributed by atoms with Crippen molar-refractivity contribution in [2.24, 2.45) is 0 Å². The van der Waals surface area contributed by atoms with Gasteiger partial charge in [0.25, 0.3) is 11.8 Å². The summed E-state index contributed by atoms with van der Waals surface area (Å²) >= 11 is 0. The molecule has 4 rings (SSSR count). The summed E-state index contributed by atoms with van der Waals surface area (Å²) in [6, 6.07) is 18.9. The summed E-state index contributed by atoms with van der Waals surface area (Å²) in [7, 11) is 0. The number of aryl methyl sites for hydroxylation is 3. The molecule has 3 aromatic carbocycles. The number of nitrogens with one attached hydrogen (secondary N) is 1. The number of hydrogen-bond donors (Lipinski definition) is 1. The Morgan fingerprint density at radius 3 is 2.65 bits per heavy atom. The molecule has 7 heteroatoms. The molecular formula is C27H28N2O5. The summed E-state index contributed by atoms with van der Waals surface area (Å²) in [6.07, 6.45) is 0. The van der Waals surface area contributed by atoms with Crippen molar-refractivity contribution in [3.05, 3.63) is 77.4 Å². The highest BCUT2D eigenvalue weighted by molar-refractivity contribution is 5.99. The molecule has 34 heavy (non-hydrogen) atoms. The Morgan fingerprint density at radius 2 is 1.82 bits per heavy atom. The van der Waals surface area contributed by atoms with Gasteiger partial charge < -0.3 is 24.4 Å². The van der Waals surface area contributed by atoms with E-state index in [-0.39, 0.29) is 25.0 Å². The van der Waals surface area contributed by atoms with Crippen molar-refractivity contribution >= 4 is 23.2 Å². The van der Waals surface area contributed by atoms with E-state index in [4.69, 9.17) is 14.2 Å². The van der Waals surface area contributed by atoms with Gasteiger partial charge in [-0.1, -0.05) is 24.3 Å². The molecule has 176 valence electrons. The van der Waals surface area contributed by atoms with Gasteiger partial charge in [0.05, 0.1) is 12.2 Å². The summed E-state index contributed by atoms with van der Waals surface area (Å²) in [5, 5.41) is 2.82. The monoisotopic (exact) mass is 460 g/mol. The third kappa shape index (κ3) is 5.67. The third-order valence-electron chi connectivity index (χ3n) is 5.46. The summed E-state index contributed by atoms with van der Waals surface area (Å²) in [5.41, 5.74) is 4.36. The van der Waals surface area contributed by atoms with Crippen LogP contribution >= 0.6 is 0 Å². The van der Waals surface area contributed by atoms with Crippen LogP contribution in [0.15, 0.2) is 60.7 Å². The van der Waals surface area contributed by atoms with Crippen LogP contribution in [0.1, 0.15) is 16.7 Å². The molecule has 7 nitrogen and oxygen atoms in total. The highest BCUT2D eigenvalue weighted by Gasteiger charge is 2.26. The molecule has 1 N–H and O–H groups in total. The van der Waals surface area contributed by atoms with Gasteiger partial charge in [-0.3, -0.25) is 9.59 Å². The molecule has 0 aliphatic carbocycles. The van der Waals surface area contributed by atoms with Crippen LogP contribution < -0.4 is 24.4 Å². The average Bonchev–Trinajstić information content (AvgIpc) is 2.81. The van der Waals surface area contributed by atoms with Crippen molar-refractivity contribution in [1.29, 1.82) is 0 Å². The first kappa shape index (κ1) is 23.2. The summed E-state index contributed by atoms with van der Waals surface area (Å²) in [5.74, 6) is 1.56. The van der Waals surface area contributed by atoms with Crippen LogP contribution in [0.3, 0.4) is 0 Å². The van der Waals surface area contributed by atoms with Crippen LogP contribution in [0.25, 0.3) is 0 Å². The van der Waals surface area contributed by atoms with E-state index >= 15 is 0 Å². The maximum Gasteiger partial charge on any atom is 0.265 e. The Labute approximate surface area is 199 Å². The standard InChI is InChI=1S/C27H28N2O5/c1-18-5-4-6-22(13-18)32-12-11-29-23-10-9-21(15-25(23)34-17-27(29)31)28-26(30)16-33-24-14-19(2)7-8-20(24)3/h4-10,13-15H,11-12,16-17H2,1-3H3,(H,28,30). The van der Waals surface area contributed by atoms with E-state index < -0.39 is 0 Å². The molecule has 1 aliphatic heterocycles. The van der Waals surface area contributed by atoms with Crippen LogP contribution in [-0.2, 0) is 9.59 Å². The number of ether oxygens (including phenoxy) is 3. The van der Waals surface area contributed by atoms with Gasteiger partial charge in [-0.2, -0.15) is 0 Å². The van der Waals surface area contributed by atoms with Crippen molar-refractivity contribution in [1.82, 2.24) is 0 Å². The molecule has 0 atom stereocenters. The van der Waals surface area contributed by atoms with Gasteiger partial charge in [0, 0.05) is 11.8 Å². The molecule has 0 saturated carbocycles. The summed E-state index contributed by atoms with van der Waals surface area (Å²) in [6.45, 7) is 6.48. The molecule has 3 aromatic rings. The van der Waals surface area contributed by atoms with E-state index in [1.165, 1.54) is 0 Å². The Morgan fingerprint density at radius 1 is 1.00 bits per heavy atom. The van der Waals surface area contributed by atoms with E-state index in [0.29, 0.717) is 36.0 Å². The molecule has 0 bridgehead atoms. The number of anilines is 2. The molecule has 0 unspecified atom stereocenters. The van der Waals surface area contributed by atoms with Gasteiger partial charge in [0.1, 0.15) is 23.9 Å². The minimum atomic E-state index is -0.281. The van der Waals surface area contributed by atoms with Crippen molar-refractivity contribution in [3.8, 4) is 17.2 Å². The minimum Gasteiger partial charge on any atom is -0.492 e. The number of amides is 2. The lowest BCUT2D eigenvalue weighted by molar-refractivity contribution is -0.121. The molecule has 0 spiro atoms. The van der Waals surface area contributed by atoms with Gasteiger partial charge in [-0.15, -0.1) is 0 Å². The van der Waals surface area contributed by atoms with Crippen molar-refractivity contribution in [3.63, 3.8) is 0 Å². The van der Waals surface area contributed by atoms with Crippen molar-refractivity contribution < 1.29 is 23.8 Å². The van der Waals surface area contributed by atoms with Crippen LogP contribution in [0.4, 0.5) is 11.4 Å². The largest absolute Gasteiger partial charge is 0.492 e. The van der Waals surface area contributed by atoms with E-state index in [0.717, 1.165) is 22.4 Å². The highest BCUT2D eigenvalue weighted by Crippen LogP contribution is 2.34. The zero-order valence-corrected chi connectivity index (χ0v) is 19.6. The predicted molar refractivity (Wildman–Crippen MR) is 131 cm³/mol. The lowest BCUT2D eigenvalue weighted by Gasteiger charge is -2.29. The molecular weight excluding hydrogens is 432 g/mol. The minimum absolute atomic E-state index is 0.0649. The maximum atomic E-state index is 12.4. The van der Waals surface area contributed by atoms with Crippen molar-refractivity contribution in [2.45, 2.75) is 20.8 Å². The van der Waals surface area contributed by atoms with E-state index in [2.05, 4.69) is 5.32 Å². The molecule has 1 aliphatic rings. The molecule has 2 amide bonds. The number of hydrogen-bond acceptors (Lipinski definition) is 5. The van der Waals surface area contributed by atoms with Crippen LogP contribution in [0.5, 0.6) is 17.2 Å². The van der Waals surface area contributed by atoms with Crippen LogP contribution in [0.2, 0.25) is 0 Å². The van der Waals surface area contributed by atoms with E-state index in [1.807, 2.05) is 63.2 Å². The summed E-state index contributed by atoms with van der Waals surface area (Å²) in [4.78, 5) is 26.5. The van der Waals surface area contributed by atoms with Gasteiger partial charge in [-0.25, -0.2) is 0 Å². The fourth-order valence-electron chi connectivity index (χ4n) is 3.69. The molecule has 0 radical (unpaired) electrons. The Hall–Kier alpha value is -4.00. The second-order valence-electron chi connectivity index (χ2n) is 8.29. The average molecular weight is 461 g/mol. The number of carbonyl (C=O) groups excluding carboxylic acids is 2. The zero-order chi connectivity index (χ0) is 24.1. The Bertz CT molecular complexity index is 1210. The first-order valence-corrected chi connectivity index (χ1v) is 11.2. The second-order valence-corrected chi connectivity index (χ2v) is 8.29. The second kappa shape index (κ2) is 10.3. The van der Waals surface area contributed by atoms with Crippen molar-refractivity contribution in [2.75, 3.05) is 36.6 Å². The van der Waals surface area contributed by atoms with Gasteiger partial charge in [-0.05, 0) is 67.8 Å². The SMILES string of the molecule is Cc1cccc(OCCN2C(=O)COc3cc(NC(=O)COc4cc(C)ccc4C)ccc32)c1. The number of benzene rings is 3. The van der Waals surface area contributed by atoms with Gasteiger partial charge in [0.15, 0.2) is 13.2 Å². The fraction of sp³-hybridized carbons (Fsp3) is 0.259. The first-order chi connectivity index (χ1) is 16.4. The third-order valence-corrected chi connectivity index (χ3v) is 5.46. The first-order valence-electron chi connectivity index (χ1n) is 11.2. The highest BCUT2D eigenvalue weighted by atomic mass is 16.5. The van der Waals surface area contributed by atoms with Crippen LogP contribution in [0, 0.1) is 20.8 Å². The zero-order valence-electron chi connectivity index (χ0n) is 19.6. The quantitative estimate of drug-likeness (QED) is 0.538. The smallest absolute Gasteiger partial charge is 0.265 e. The normalized spacial score (nSPS) is 12.6. The van der Waals surface area contributed by atoms with Gasteiger partial charge in [0.2, 0.25) is 0 Å². The summed E-state index contributed by atoms with van der Waals surface area (Å²) < 4.78 is 17.1. The lowest BCUT2D eigenvalue weighted by atomic mass is 10.1. The molecule has 0 fully saturated rings. The van der Waals surface area contributed by atoms with Crippen LogP contribution in [-0.4, -0.2) is 38.2 Å².